The highest BCUT2D eigenvalue weighted by atomic mass is 19.4. The smallest absolute Gasteiger partial charge is 0.393 e. The Morgan fingerprint density at radius 2 is 1.76 bits per heavy atom. The Morgan fingerprint density at radius 1 is 1.09 bits per heavy atom. The molecule has 0 saturated carbocycles. The fraction of sp³-hybridized carbons (Fsp3) is 0.458. The maximum atomic E-state index is 12.8. The molecule has 0 radical (unpaired) electrons. The number of benzene rings is 1. The Labute approximate surface area is 195 Å². The van der Waals surface area contributed by atoms with Gasteiger partial charge in [-0.25, -0.2) is 0 Å². The van der Waals surface area contributed by atoms with Crippen molar-refractivity contribution in [2.45, 2.75) is 44.4 Å². The Hall–Kier alpha value is -2.82. The third-order valence-corrected chi connectivity index (χ3v) is 6.51. The fourth-order valence-electron chi connectivity index (χ4n) is 4.16. The number of aliphatic hydroxyl groups is 2. The molecular weight excluding hydrogens is 449 g/mol. The summed E-state index contributed by atoms with van der Waals surface area (Å²) in [5.74, 6) is 0.520. The summed E-state index contributed by atoms with van der Waals surface area (Å²) in [5, 5.41) is 28.8. The van der Waals surface area contributed by atoms with E-state index in [1.165, 1.54) is 36.7 Å². The van der Waals surface area contributed by atoms with Gasteiger partial charge in [-0.2, -0.15) is 18.2 Å². The molecule has 1 saturated heterocycles. The largest absolute Gasteiger partial charge is 0.395 e. The van der Waals surface area contributed by atoms with Gasteiger partial charge in [-0.1, -0.05) is 50.2 Å². The van der Waals surface area contributed by atoms with Crippen LogP contribution in [0.4, 0.5) is 13.2 Å². The van der Waals surface area contributed by atoms with Crippen LogP contribution in [0.5, 0.6) is 0 Å². The Balaban J connectivity index is 1.75. The van der Waals surface area contributed by atoms with Crippen molar-refractivity contribution >= 4 is 0 Å². The van der Waals surface area contributed by atoms with E-state index in [4.69, 9.17) is 4.52 Å². The Kier molecular flexibility index (Phi) is 6.03. The zero-order valence-electron chi connectivity index (χ0n) is 19.1. The summed E-state index contributed by atoms with van der Waals surface area (Å²) in [7, 11) is 0. The first kappa shape index (κ1) is 24.3. The van der Waals surface area contributed by atoms with Crippen molar-refractivity contribution in [3.8, 4) is 11.5 Å². The number of aromatic nitrogens is 3. The van der Waals surface area contributed by atoms with Crippen molar-refractivity contribution in [3.05, 3.63) is 65.2 Å². The van der Waals surface area contributed by atoms with Crippen molar-refractivity contribution in [1.82, 2.24) is 20.4 Å². The summed E-state index contributed by atoms with van der Waals surface area (Å²) < 4.78 is 43.8. The van der Waals surface area contributed by atoms with Gasteiger partial charge in [0.15, 0.2) is 5.82 Å². The number of alkyl halides is 3. The lowest BCUT2D eigenvalue weighted by atomic mass is 9.63. The summed E-state index contributed by atoms with van der Waals surface area (Å²) >= 11 is 0. The average molecular weight is 476 g/mol. The van der Waals surface area contributed by atoms with Crippen LogP contribution >= 0.6 is 0 Å². The quantitative estimate of drug-likeness (QED) is 0.480. The van der Waals surface area contributed by atoms with Gasteiger partial charge < -0.3 is 20.1 Å². The molecule has 3 heterocycles. The third-order valence-electron chi connectivity index (χ3n) is 6.51. The van der Waals surface area contributed by atoms with E-state index in [1.807, 2.05) is 6.92 Å². The topological polar surface area (TPSA) is 104 Å². The van der Waals surface area contributed by atoms with Crippen LogP contribution in [-0.4, -0.2) is 51.2 Å². The molecule has 1 fully saturated rings. The first-order chi connectivity index (χ1) is 15.9. The predicted octanol–water partition coefficient (Wildman–Crippen LogP) is 3.35. The maximum absolute atomic E-state index is 12.8. The molecule has 0 amide bonds. The second kappa shape index (κ2) is 8.44. The molecule has 1 atom stereocenters. The molecule has 7 nitrogen and oxygen atoms in total. The van der Waals surface area contributed by atoms with Crippen LogP contribution < -0.4 is 5.32 Å². The average Bonchev–Trinajstić information content (AvgIpc) is 3.28. The molecule has 1 aliphatic heterocycles. The number of pyridine rings is 1. The standard InChI is InChI=1S/C24H27F3N4O3/c1-21(2,14-32)20-30-19(34-31-20)16-8-18(11-28-10-16)24(33,22(3)12-29-13-22)17-6-4-15(5-7-17)9-23(25,26)27/h4-8,10-11,29,32-33H,9,12-14H2,1-3H3/t24-/m0/s1. The molecule has 34 heavy (non-hydrogen) atoms. The second-order valence-corrected chi connectivity index (χ2v) is 9.79. The molecule has 1 aromatic carbocycles. The van der Waals surface area contributed by atoms with E-state index in [0.29, 0.717) is 35.6 Å². The van der Waals surface area contributed by atoms with Gasteiger partial charge in [-0.3, -0.25) is 4.98 Å². The molecular formula is C24H27F3N4O3. The van der Waals surface area contributed by atoms with E-state index in [2.05, 4.69) is 20.4 Å². The number of hydrogen-bond donors (Lipinski definition) is 3. The van der Waals surface area contributed by atoms with E-state index >= 15 is 0 Å². The molecule has 4 rings (SSSR count). The maximum Gasteiger partial charge on any atom is 0.393 e. The number of rotatable bonds is 7. The first-order valence-corrected chi connectivity index (χ1v) is 10.9. The van der Waals surface area contributed by atoms with Gasteiger partial charge in [0.25, 0.3) is 5.89 Å². The monoisotopic (exact) mass is 476 g/mol. The normalized spacial score (nSPS) is 17.8. The van der Waals surface area contributed by atoms with E-state index in [0.717, 1.165) is 0 Å². The van der Waals surface area contributed by atoms with Gasteiger partial charge in [0, 0.05) is 36.5 Å². The van der Waals surface area contributed by atoms with Crippen LogP contribution in [0.3, 0.4) is 0 Å². The zero-order valence-corrected chi connectivity index (χ0v) is 19.1. The molecule has 1 aliphatic rings. The van der Waals surface area contributed by atoms with Crippen molar-refractivity contribution in [3.63, 3.8) is 0 Å². The Bertz CT molecular complexity index is 1160. The van der Waals surface area contributed by atoms with Crippen molar-refractivity contribution in [2.24, 2.45) is 5.41 Å². The minimum atomic E-state index is -4.31. The SMILES string of the molecule is CC(C)(CO)c1noc(-c2cncc([C@@](O)(c3ccc(CC(F)(F)F)cc3)C3(C)CNC3)c2)n1. The van der Waals surface area contributed by atoms with E-state index in [9.17, 15) is 23.4 Å². The minimum Gasteiger partial charge on any atom is -0.395 e. The lowest BCUT2D eigenvalue weighted by molar-refractivity contribution is -0.127. The second-order valence-electron chi connectivity index (χ2n) is 9.79. The zero-order chi connectivity index (χ0) is 24.8. The number of hydrogen-bond acceptors (Lipinski definition) is 7. The molecule has 0 aliphatic carbocycles. The highest BCUT2D eigenvalue weighted by molar-refractivity contribution is 5.55. The molecule has 0 unspecified atom stereocenters. The van der Waals surface area contributed by atoms with E-state index < -0.39 is 29.0 Å². The fourth-order valence-corrected chi connectivity index (χ4v) is 4.16. The molecule has 10 heteroatoms. The highest BCUT2D eigenvalue weighted by Gasteiger charge is 2.53. The van der Waals surface area contributed by atoms with Crippen LogP contribution in [0.1, 0.15) is 43.3 Å². The summed E-state index contributed by atoms with van der Waals surface area (Å²) in [6.07, 6.45) is -2.29. The van der Waals surface area contributed by atoms with Gasteiger partial charge in [-0.05, 0) is 17.2 Å². The van der Waals surface area contributed by atoms with Gasteiger partial charge in [0.2, 0.25) is 0 Å². The van der Waals surface area contributed by atoms with Crippen LogP contribution in [0.15, 0.2) is 47.2 Å². The molecule has 0 spiro atoms. The predicted molar refractivity (Wildman–Crippen MR) is 118 cm³/mol. The lowest BCUT2D eigenvalue weighted by Gasteiger charge is -2.52. The molecule has 2 aromatic heterocycles. The summed E-state index contributed by atoms with van der Waals surface area (Å²) in [6, 6.07) is 7.55. The minimum absolute atomic E-state index is 0.118. The van der Waals surface area contributed by atoms with Crippen molar-refractivity contribution < 1.29 is 27.9 Å². The number of nitrogens with one attached hydrogen (secondary N) is 1. The number of aliphatic hydroxyl groups excluding tert-OH is 1. The molecule has 3 aromatic rings. The lowest BCUT2D eigenvalue weighted by Crippen LogP contribution is -2.63. The Morgan fingerprint density at radius 3 is 2.32 bits per heavy atom. The van der Waals surface area contributed by atoms with Gasteiger partial charge >= 0.3 is 6.18 Å². The van der Waals surface area contributed by atoms with Gasteiger partial charge in [-0.15, -0.1) is 0 Å². The summed E-state index contributed by atoms with van der Waals surface area (Å²) in [5.41, 5.74) is -1.34. The van der Waals surface area contributed by atoms with Crippen LogP contribution in [0.25, 0.3) is 11.5 Å². The van der Waals surface area contributed by atoms with Crippen molar-refractivity contribution in [1.29, 1.82) is 0 Å². The third kappa shape index (κ3) is 4.33. The van der Waals surface area contributed by atoms with Gasteiger partial charge in [0.1, 0.15) is 5.60 Å². The van der Waals surface area contributed by atoms with Crippen LogP contribution in [0.2, 0.25) is 0 Å². The molecule has 182 valence electrons. The van der Waals surface area contributed by atoms with E-state index in [-0.39, 0.29) is 18.1 Å². The van der Waals surface area contributed by atoms with Crippen molar-refractivity contribution in [2.75, 3.05) is 19.7 Å². The van der Waals surface area contributed by atoms with Crippen LogP contribution in [-0.2, 0) is 17.4 Å². The number of nitrogens with zero attached hydrogens (tertiary/aromatic N) is 3. The molecule has 3 N–H and O–H groups in total. The van der Waals surface area contributed by atoms with Crippen LogP contribution in [0, 0.1) is 5.41 Å². The molecule has 0 bridgehead atoms. The first-order valence-electron chi connectivity index (χ1n) is 10.9. The van der Waals surface area contributed by atoms with Gasteiger partial charge in [0.05, 0.1) is 24.0 Å². The number of halogens is 3. The van der Waals surface area contributed by atoms with E-state index in [1.54, 1.807) is 19.9 Å². The summed E-state index contributed by atoms with van der Waals surface area (Å²) in [4.78, 5) is 8.66. The highest BCUT2D eigenvalue weighted by Crippen LogP contribution is 2.48. The summed E-state index contributed by atoms with van der Waals surface area (Å²) in [6.45, 7) is 6.32.